The molecule has 0 aromatic rings. The summed E-state index contributed by atoms with van der Waals surface area (Å²) < 4.78 is 5.00. The molecule has 1 saturated heterocycles. The number of methoxy groups -OCH3 is 1. The van der Waals surface area contributed by atoms with E-state index < -0.39 is 0 Å². The number of Topliss-reactive ketones (excluding diaryl/α,β-unsaturated/α-hetero) is 1. The van der Waals surface area contributed by atoms with Crippen LogP contribution in [0.5, 0.6) is 0 Å². The van der Waals surface area contributed by atoms with Gasteiger partial charge < -0.3 is 4.74 Å². The van der Waals surface area contributed by atoms with Gasteiger partial charge in [0.1, 0.15) is 0 Å². The number of ketones is 1. The first-order chi connectivity index (χ1) is 8.09. The minimum absolute atomic E-state index is 0.294. The Hall–Kier alpha value is -0.410. The van der Waals surface area contributed by atoms with E-state index in [1.54, 1.807) is 7.11 Å². The summed E-state index contributed by atoms with van der Waals surface area (Å²) in [7, 11) is 1.68. The summed E-state index contributed by atoms with van der Waals surface area (Å²) in [5.41, 5.74) is -0.294. The number of hydrogen-bond donors (Lipinski definition) is 0. The number of hydrogen-bond acceptors (Lipinski definition) is 3. The molecular formula is C14H27NO2. The first-order valence-corrected chi connectivity index (χ1v) is 6.86. The molecule has 0 spiro atoms. The van der Waals surface area contributed by atoms with E-state index in [-0.39, 0.29) is 5.54 Å². The Bertz CT molecular complexity index is 230. The van der Waals surface area contributed by atoms with Crippen LogP contribution in [-0.2, 0) is 9.53 Å². The van der Waals surface area contributed by atoms with Crippen LogP contribution >= 0.6 is 0 Å². The van der Waals surface area contributed by atoms with Crippen molar-refractivity contribution < 1.29 is 9.53 Å². The molecule has 0 aromatic carbocycles. The Morgan fingerprint density at radius 1 is 1.18 bits per heavy atom. The number of rotatable bonds is 6. The molecule has 0 atom stereocenters. The predicted octanol–water partition coefficient (Wildman–Crippen LogP) is 2.64. The molecule has 0 saturated carbocycles. The molecule has 0 aliphatic carbocycles. The fraction of sp³-hybridized carbons (Fsp3) is 0.929. The fourth-order valence-corrected chi connectivity index (χ4v) is 2.49. The number of nitrogens with zero attached hydrogens (tertiary/aromatic N) is 1. The van der Waals surface area contributed by atoms with Crippen molar-refractivity contribution in [3.63, 3.8) is 0 Å². The molecule has 0 aromatic heterocycles. The molecular weight excluding hydrogens is 214 g/mol. The van der Waals surface area contributed by atoms with Crippen LogP contribution in [0, 0.1) is 0 Å². The van der Waals surface area contributed by atoms with E-state index in [4.69, 9.17) is 4.74 Å². The van der Waals surface area contributed by atoms with Gasteiger partial charge in [0.05, 0.1) is 5.54 Å². The maximum absolute atomic E-state index is 12.3. The zero-order valence-corrected chi connectivity index (χ0v) is 11.6. The lowest BCUT2D eigenvalue weighted by molar-refractivity contribution is -0.129. The Labute approximate surface area is 106 Å². The summed E-state index contributed by atoms with van der Waals surface area (Å²) >= 11 is 0. The molecule has 1 aliphatic heterocycles. The van der Waals surface area contributed by atoms with Crippen LogP contribution in [-0.4, -0.2) is 43.0 Å². The maximum Gasteiger partial charge on any atom is 0.152 e. The van der Waals surface area contributed by atoms with Crippen LogP contribution in [0.2, 0.25) is 0 Å². The highest BCUT2D eigenvalue weighted by Crippen LogP contribution is 2.22. The average molecular weight is 241 g/mol. The summed E-state index contributed by atoms with van der Waals surface area (Å²) in [6.07, 6.45) is 6.56. The van der Waals surface area contributed by atoms with Gasteiger partial charge in [0, 0.05) is 20.1 Å². The summed E-state index contributed by atoms with van der Waals surface area (Å²) in [6.45, 7) is 6.98. The molecule has 0 radical (unpaired) electrons. The van der Waals surface area contributed by atoms with E-state index in [0.29, 0.717) is 18.8 Å². The highest BCUT2D eigenvalue weighted by molar-refractivity contribution is 5.87. The second kappa shape index (κ2) is 7.12. The SMILES string of the molecule is COCCCC(=O)C(C)(C)N1CCCCCC1. The van der Waals surface area contributed by atoms with Crippen LogP contribution in [0.1, 0.15) is 52.4 Å². The number of likely N-dealkylation sites (tertiary alicyclic amines) is 1. The van der Waals surface area contributed by atoms with Gasteiger partial charge in [-0.15, -0.1) is 0 Å². The van der Waals surface area contributed by atoms with E-state index in [0.717, 1.165) is 19.5 Å². The topological polar surface area (TPSA) is 29.5 Å². The first-order valence-electron chi connectivity index (χ1n) is 6.86. The summed E-state index contributed by atoms with van der Waals surface area (Å²) in [5, 5.41) is 0. The third-order valence-electron chi connectivity index (χ3n) is 3.83. The third kappa shape index (κ3) is 4.40. The van der Waals surface area contributed by atoms with Crippen molar-refractivity contribution in [3.05, 3.63) is 0 Å². The van der Waals surface area contributed by atoms with Crippen LogP contribution < -0.4 is 0 Å². The number of ether oxygens (including phenoxy) is 1. The molecule has 3 nitrogen and oxygen atoms in total. The van der Waals surface area contributed by atoms with E-state index in [1.807, 2.05) is 0 Å². The van der Waals surface area contributed by atoms with Crippen LogP contribution in [0.4, 0.5) is 0 Å². The highest BCUT2D eigenvalue weighted by Gasteiger charge is 2.33. The summed E-state index contributed by atoms with van der Waals surface area (Å²) in [4.78, 5) is 14.6. The van der Waals surface area contributed by atoms with E-state index in [9.17, 15) is 4.79 Å². The van der Waals surface area contributed by atoms with Crippen molar-refractivity contribution in [3.8, 4) is 0 Å². The van der Waals surface area contributed by atoms with Crippen molar-refractivity contribution in [2.75, 3.05) is 26.8 Å². The lowest BCUT2D eigenvalue weighted by Crippen LogP contribution is -2.50. The Kier molecular flexibility index (Phi) is 6.14. The van der Waals surface area contributed by atoms with E-state index >= 15 is 0 Å². The molecule has 100 valence electrons. The first kappa shape index (κ1) is 14.7. The van der Waals surface area contributed by atoms with Gasteiger partial charge in [-0.3, -0.25) is 9.69 Å². The van der Waals surface area contributed by atoms with Gasteiger partial charge in [0.2, 0.25) is 0 Å². The van der Waals surface area contributed by atoms with E-state index in [1.165, 1.54) is 25.7 Å². The molecule has 0 N–H and O–H groups in total. The zero-order chi connectivity index (χ0) is 12.7. The molecule has 0 amide bonds. The normalized spacial score (nSPS) is 19.0. The Morgan fingerprint density at radius 2 is 1.76 bits per heavy atom. The lowest BCUT2D eigenvalue weighted by atomic mass is 9.93. The number of carbonyl (C=O) groups is 1. The van der Waals surface area contributed by atoms with Crippen molar-refractivity contribution in [2.45, 2.75) is 57.9 Å². The van der Waals surface area contributed by atoms with Crippen LogP contribution in [0.15, 0.2) is 0 Å². The van der Waals surface area contributed by atoms with Gasteiger partial charge in [0.15, 0.2) is 5.78 Å². The molecule has 1 fully saturated rings. The zero-order valence-electron chi connectivity index (χ0n) is 11.6. The van der Waals surface area contributed by atoms with Gasteiger partial charge in [-0.05, 0) is 46.2 Å². The van der Waals surface area contributed by atoms with Gasteiger partial charge in [0.25, 0.3) is 0 Å². The minimum Gasteiger partial charge on any atom is -0.385 e. The maximum atomic E-state index is 12.3. The van der Waals surface area contributed by atoms with Crippen molar-refractivity contribution in [1.82, 2.24) is 4.90 Å². The Morgan fingerprint density at radius 3 is 2.29 bits per heavy atom. The average Bonchev–Trinajstić information content (AvgIpc) is 2.58. The molecule has 3 heteroatoms. The van der Waals surface area contributed by atoms with Gasteiger partial charge in [-0.2, -0.15) is 0 Å². The molecule has 1 heterocycles. The van der Waals surface area contributed by atoms with Crippen molar-refractivity contribution in [2.24, 2.45) is 0 Å². The van der Waals surface area contributed by atoms with E-state index in [2.05, 4.69) is 18.7 Å². The van der Waals surface area contributed by atoms with Crippen molar-refractivity contribution in [1.29, 1.82) is 0 Å². The predicted molar refractivity (Wildman–Crippen MR) is 70.2 cm³/mol. The monoisotopic (exact) mass is 241 g/mol. The summed E-state index contributed by atoms with van der Waals surface area (Å²) in [6, 6.07) is 0. The quantitative estimate of drug-likeness (QED) is 0.670. The molecule has 1 aliphatic rings. The smallest absolute Gasteiger partial charge is 0.152 e. The van der Waals surface area contributed by atoms with Gasteiger partial charge in [-0.25, -0.2) is 0 Å². The molecule has 17 heavy (non-hydrogen) atoms. The fourth-order valence-electron chi connectivity index (χ4n) is 2.49. The third-order valence-corrected chi connectivity index (χ3v) is 3.83. The molecule has 0 bridgehead atoms. The summed E-state index contributed by atoms with van der Waals surface area (Å²) in [5.74, 6) is 0.358. The lowest BCUT2D eigenvalue weighted by Gasteiger charge is -2.36. The molecule has 0 unspecified atom stereocenters. The Balaban J connectivity index is 2.48. The minimum atomic E-state index is -0.294. The highest BCUT2D eigenvalue weighted by atomic mass is 16.5. The second-order valence-electron chi connectivity index (χ2n) is 5.48. The number of carbonyl (C=O) groups excluding carboxylic acids is 1. The molecule has 1 rings (SSSR count). The van der Waals surface area contributed by atoms with Crippen LogP contribution in [0.25, 0.3) is 0 Å². The van der Waals surface area contributed by atoms with Gasteiger partial charge >= 0.3 is 0 Å². The van der Waals surface area contributed by atoms with Crippen LogP contribution in [0.3, 0.4) is 0 Å². The second-order valence-corrected chi connectivity index (χ2v) is 5.48. The van der Waals surface area contributed by atoms with Crippen molar-refractivity contribution >= 4 is 5.78 Å². The standard InChI is InChI=1S/C14H27NO2/c1-14(2,13(16)9-8-12-17-3)15-10-6-4-5-7-11-15/h4-12H2,1-3H3. The largest absolute Gasteiger partial charge is 0.385 e. The van der Waals surface area contributed by atoms with Gasteiger partial charge in [-0.1, -0.05) is 12.8 Å².